The first kappa shape index (κ1) is 24.4. The summed E-state index contributed by atoms with van der Waals surface area (Å²) in [6.07, 6.45) is 7.97. The zero-order valence-electron chi connectivity index (χ0n) is 18.9. The zero-order valence-corrected chi connectivity index (χ0v) is 18.9. The maximum absolute atomic E-state index is 12.9. The quantitative estimate of drug-likeness (QED) is 0.303. The highest BCUT2D eigenvalue weighted by molar-refractivity contribution is 5.92. The number of ether oxygens (including phenoxy) is 1. The predicted molar refractivity (Wildman–Crippen MR) is 127 cm³/mol. The van der Waals surface area contributed by atoms with E-state index in [4.69, 9.17) is 4.74 Å². The van der Waals surface area contributed by atoms with Gasteiger partial charge in [-0.25, -0.2) is 9.59 Å². The molecular formula is C26H36N2O3. The van der Waals surface area contributed by atoms with Gasteiger partial charge in [0.2, 0.25) is 0 Å². The van der Waals surface area contributed by atoms with E-state index >= 15 is 0 Å². The Labute approximate surface area is 186 Å². The van der Waals surface area contributed by atoms with Gasteiger partial charge in [-0.1, -0.05) is 69.4 Å². The van der Waals surface area contributed by atoms with Gasteiger partial charge < -0.3 is 15.0 Å². The summed E-state index contributed by atoms with van der Waals surface area (Å²) in [6, 6.07) is 17.0. The van der Waals surface area contributed by atoms with Gasteiger partial charge >= 0.3 is 12.0 Å². The fourth-order valence-electron chi connectivity index (χ4n) is 3.41. The van der Waals surface area contributed by atoms with Crippen molar-refractivity contribution in [3.05, 3.63) is 65.7 Å². The third-order valence-electron chi connectivity index (χ3n) is 5.23. The minimum absolute atomic E-state index is 0.103. The molecule has 5 nitrogen and oxygen atoms in total. The molecule has 0 saturated carbocycles. The van der Waals surface area contributed by atoms with E-state index in [0.29, 0.717) is 24.4 Å². The summed E-state index contributed by atoms with van der Waals surface area (Å²) in [4.78, 5) is 26.6. The zero-order chi connectivity index (χ0) is 22.3. The Morgan fingerprint density at radius 3 is 2.19 bits per heavy atom. The van der Waals surface area contributed by atoms with Crippen molar-refractivity contribution in [3.63, 3.8) is 0 Å². The highest BCUT2D eigenvalue weighted by Crippen LogP contribution is 2.13. The third kappa shape index (κ3) is 9.24. The number of carbonyl (C=O) groups is 2. The lowest BCUT2D eigenvalue weighted by atomic mass is 10.1. The molecular weight excluding hydrogens is 388 g/mol. The molecule has 0 atom stereocenters. The van der Waals surface area contributed by atoms with E-state index in [1.807, 2.05) is 23.1 Å². The molecule has 0 bridgehead atoms. The molecule has 2 rings (SSSR count). The van der Waals surface area contributed by atoms with Crippen LogP contribution in [0.2, 0.25) is 0 Å². The molecule has 0 aromatic heterocycles. The van der Waals surface area contributed by atoms with Crippen molar-refractivity contribution in [1.29, 1.82) is 0 Å². The number of nitrogens with zero attached hydrogens (tertiary/aromatic N) is 1. The van der Waals surface area contributed by atoms with E-state index in [1.165, 1.54) is 31.2 Å². The highest BCUT2D eigenvalue weighted by atomic mass is 16.5. The minimum Gasteiger partial charge on any atom is -0.462 e. The molecule has 1 N–H and O–H groups in total. The van der Waals surface area contributed by atoms with Crippen molar-refractivity contribution >= 4 is 17.7 Å². The number of unbranched alkanes of at least 4 members (excludes halogenated alkanes) is 5. The average Bonchev–Trinajstić information content (AvgIpc) is 2.79. The topological polar surface area (TPSA) is 58.6 Å². The Morgan fingerprint density at radius 2 is 1.52 bits per heavy atom. The van der Waals surface area contributed by atoms with Gasteiger partial charge in [-0.3, -0.25) is 0 Å². The van der Waals surface area contributed by atoms with Crippen LogP contribution in [-0.2, 0) is 11.2 Å². The minimum atomic E-state index is -0.354. The average molecular weight is 425 g/mol. The lowest BCUT2D eigenvalue weighted by Crippen LogP contribution is -2.37. The number of nitrogens with one attached hydrogen (secondary N) is 1. The second-order valence-corrected chi connectivity index (χ2v) is 7.72. The summed E-state index contributed by atoms with van der Waals surface area (Å²) < 4.78 is 5.01. The second-order valence-electron chi connectivity index (χ2n) is 7.72. The summed E-state index contributed by atoms with van der Waals surface area (Å²) in [5.41, 5.74) is 2.38. The SMILES string of the molecule is CCCCCCCCN(CCc1ccccc1)C(=O)Nc1ccc(C(=O)OCC)cc1. The van der Waals surface area contributed by atoms with Crippen LogP contribution in [0.5, 0.6) is 0 Å². The van der Waals surface area contributed by atoms with Crippen LogP contribution in [0, 0.1) is 0 Å². The molecule has 0 unspecified atom stereocenters. The van der Waals surface area contributed by atoms with Crippen LogP contribution in [0.25, 0.3) is 0 Å². The van der Waals surface area contributed by atoms with Crippen LogP contribution in [0.3, 0.4) is 0 Å². The maximum Gasteiger partial charge on any atom is 0.338 e. The van der Waals surface area contributed by atoms with Gasteiger partial charge in [0.15, 0.2) is 0 Å². The molecule has 2 aromatic rings. The predicted octanol–water partition coefficient (Wildman–Crippen LogP) is 6.30. The number of hydrogen-bond donors (Lipinski definition) is 1. The van der Waals surface area contributed by atoms with E-state index in [9.17, 15) is 9.59 Å². The van der Waals surface area contributed by atoms with Crippen LogP contribution < -0.4 is 5.32 Å². The molecule has 168 valence electrons. The summed E-state index contributed by atoms with van der Waals surface area (Å²) in [6.45, 7) is 5.75. The van der Waals surface area contributed by atoms with E-state index in [1.54, 1.807) is 31.2 Å². The molecule has 5 heteroatoms. The highest BCUT2D eigenvalue weighted by Gasteiger charge is 2.14. The number of urea groups is 1. The molecule has 0 aliphatic heterocycles. The monoisotopic (exact) mass is 424 g/mol. The van der Waals surface area contributed by atoms with Crippen molar-refractivity contribution in [3.8, 4) is 0 Å². The molecule has 0 aliphatic rings. The van der Waals surface area contributed by atoms with Crippen molar-refractivity contribution in [2.45, 2.75) is 58.8 Å². The first-order chi connectivity index (χ1) is 15.1. The standard InChI is InChI=1S/C26H36N2O3/c1-3-5-6-7-8-12-20-28(21-19-22-13-10-9-11-14-22)26(30)27-24-17-15-23(16-18-24)25(29)31-4-2/h9-11,13-18H,3-8,12,19-21H2,1-2H3,(H,27,30). The normalized spacial score (nSPS) is 10.5. The fraction of sp³-hybridized carbons (Fsp3) is 0.462. The molecule has 0 spiro atoms. The first-order valence-corrected chi connectivity index (χ1v) is 11.5. The molecule has 0 heterocycles. The molecule has 0 fully saturated rings. The Hall–Kier alpha value is -2.82. The molecule has 31 heavy (non-hydrogen) atoms. The molecule has 2 aromatic carbocycles. The van der Waals surface area contributed by atoms with Gasteiger partial charge in [0.25, 0.3) is 0 Å². The summed E-state index contributed by atoms with van der Waals surface area (Å²) in [5.74, 6) is -0.354. The van der Waals surface area contributed by atoms with Gasteiger partial charge in [0.05, 0.1) is 12.2 Å². The molecule has 2 amide bonds. The van der Waals surface area contributed by atoms with Gasteiger partial charge in [-0.15, -0.1) is 0 Å². The lowest BCUT2D eigenvalue weighted by Gasteiger charge is -2.23. The van der Waals surface area contributed by atoms with Crippen molar-refractivity contribution in [2.75, 3.05) is 25.0 Å². The second kappa shape index (κ2) is 14.2. The number of hydrogen-bond acceptors (Lipinski definition) is 3. The summed E-state index contributed by atoms with van der Waals surface area (Å²) >= 11 is 0. The molecule has 0 aliphatic carbocycles. The van der Waals surface area contributed by atoms with Crippen molar-refractivity contribution in [1.82, 2.24) is 4.90 Å². The van der Waals surface area contributed by atoms with E-state index < -0.39 is 0 Å². The van der Waals surface area contributed by atoms with Gasteiger partial charge in [0.1, 0.15) is 0 Å². The van der Waals surface area contributed by atoms with Gasteiger partial charge in [-0.05, 0) is 49.6 Å². The Kier molecular flexibility index (Phi) is 11.2. The van der Waals surface area contributed by atoms with Gasteiger partial charge in [-0.2, -0.15) is 0 Å². The van der Waals surface area contributed by atoms with E-state index in [2.05, 4.69) is 24.4 Å². The number of rotatable bonds is 13. The lowest BCUT2D eigenvalue weighted by molar-refractivity contribution is 0.0526. The van der Waals surface area contributed by atoms with Crippen LogP contribution in [0.15, 0.2) is 54.6 Å². The number of carbonyl (C=O) groups excluding carboxylic acids is 2. The fourth-order valence-corrected chi connectivity index (χ4v) is 3.41. The summed E-state index contributed by atoms with van der Waals surface area (Å²) in [7, 11) is 0. The van der Waals surface area contributed by atoms with E-state index in [-0.39, 0.29) is 12.0 Å². The number of anilines is 1. The maximum atomic E-state index is 12.9. The van der Waals surface area contributed by atoms with Crippen LogP contribution in [0.4, 0.5) is 10.5 Å². The van der Waals surface area contributed by atoms with Crippen LogP contribution >= 0.6 is 0 Å². The van der Waals surface area contributed by atoms with Gasteiger partial charge in [0, 0.05) is 18.8 Å². The van der Waals surface area contributed by atoms with Crippen LogP contribution in [-0.4, -0.2) is 36.6 Å². The number of amides is 2. The number of esters is 1. The Morgan fingerprint density at radius 1 is 0.839 bits per heavy atom. The first-order valence-electron chi connectivity index (χ1n) is 11.5. The van der Waals surface area contributed by atoms with E-state index in [0.717, 1.165) is 25.8 Å². The van der Waals surface area contributed by atoms with Crippen molar-refractivity contribution < 1.29 is 14.3 Å². The Bertz CT molecular complexity index is 775. The van der Waals surface area contributed by atoms with Crippen LogP contribution in [0.1, 0.15) is 68.3 Å². The van der Waals surface area contributed by atoms with Crippen molar-refractivity contribution in [2.24, 2.45) is 0 Å². The largest absolute Gasteiger partial charge is 0.462 e. The Balaban J connectivity index is 1.93. The smallest absolute Gasteiger partial charge is 0.338 e. The number of benzene rings is 2. The third-order valence-corrected chi connectivity index (χ3v) is 5.23. The molecule has 0 radical (unpaired) electrons. The summed E-state index contributed by atoms with van der Waals surface area (Å²) in [5, 5.41) is 2.97. The molecule has 0 saturated heterocycles.